The molecular formula is C21H18N2O3. The number of benzene rings is 2. The van der Waals surface area contributed by atoms with Crippen LogP contribution in [0.4, 0.5) is 0 Å². The molecule has 3 rings (SSSR count). The maximum atomic E-state index is 12.7. The van der Waals surface area contributed by atoms with E-state index in [-0.39, 0.29) is 5.91 Å². The van der Waals surface area contributed by atoms with E-state index in [1.165, 1.54) is 4.90 Å². The highest BCUT2D eigenvalue weighted by molar-refractivity contribution is 6.11. The highest BCUT2D eigenvalue weighted by Gasteiger charge is 2.38. The van der Waals surface area contributed by atoms with Crippen LogP contribution in [0.1, 0.15) is 40.4 Å². The zero-order valence-corrected chi connectivity index (χ0v) is 14.3. The first-order valence-corrected chi connectivity index (χ1v) is 8.24. The smallest absolute Gasteiger partial charge is 0.266 e. The van der Waals surface area contributed by atoms with Gasteiger partial charge in [0, 0.05) is 28.0 Å². The van der Waals surface area contributed by atoms with E-state index >= 15 is 0 Å². The number of nitrogens with zero attached hydrogens (tertiary/aromatic N) is 1. The quantitative estimate of drug-likeness (QED) is 0.510. The fourth-order valence-corrected chi connectivity index (χ4v) is 2.98. The molecule has 2 aromatic rings. The van der Waals surface area contributed by atoms with Gasteiger partial charge in [-0.25, -0.2) is 5.48 Å². The Balaban J connectivity index is 1.93. The number of fused-ring (bicyclic) bond motifs is 1. The minimum Gasteiger partial charge on any atom is -0.296 e. The van der Waals surface area contributed by atoms with Crippen molar-refractivity contribution in [3.05, 3.63) is 77.4 Å². The molecule has 5 heteroatoms. The molecule has 5 nitrogen and oxygen atoms in total. The maximum absolute atomic E-state index is 12.7. The summed E-state index contributed by atoms with van der Waals surface area (Å²) >= 11 is 0. The van der Waals surface area contributed by atoms with E-state index < -0.39 is 11.9 Å². The lowest BCUT2D eigenvalue weighted by Gasteiger charge is -2.25. The van der Waals surface area contributed by atoms with Crippen molar-refractivity contribution < 1.29 is 14.8 Å². The van der Waals surface area contributed by atoms with E-state index in [4.69, 9.17) is 5.21 Å². The lowest BCUT2D eigenvalue weighted by Crippen LogP contribution is -2.45. The Morgan fingerprint density at radius 1 is 1.15 bits per heavy atom. The number of hydrogen-bond acceptors (Lipinski definition) is 3. The number of nitrogens with one attached hydrogen (secondary N) is 1. The molecule has 0 bridgehead atoms. The topological polar surface area (TPSA) is 69.6 Å². The fraction of sp³-hybridized carbons (Fsp3) is 0.143. The maximum Gasteiger partial charge on any atom is 0.266 e. The second kappa shape index (κ2) is 7.26. The van der Waals surface area contributed by atoms with Crippen LogP contribution >= 0.6 is 0 Å². The van der Waals surface area contributed by atoms with Crippen LogP contribution in [0.25, 0.3) is 5.70 Å². The Bertz CT molecular complexity index is 939. The Hall–Kier alpha value is -3.36. The summed E-state index contributed by atoms with van der Waals surface area (Å²) in [5, 5.41) is 8.92. The number of rotatable bonds is 3. The van der Waals surface area contributed by atoms with Crippen LogP contribution in [0, 0.1) is 11.8 Å². The highest BCUT2D eigenvalue weighted by atomic mass is 16.5. The summed E-state index contributed by atoms with van der Waals surface area (Å²) in [5.41, 5.74) is 4.83. The van der Waals surface area contributed by atoms with E-state index in [1.54, 1.807) is 30.6 Å². The molecule has 2 aromatic carbocycles. The van der Waals surface area contributed by atoms with Crippen molar-refractivity contribution in [3.8, 4) is 11.8 Å². The van der Waals surface area contributed by atoms with Crippen LogP contribution in [0.5, 0.6) is 0 Å². The van der Waals surface area contributed by atoms with Crippen LogP contribution in [-0.2, 0) is 4.79 Å². The Kier molecular flexibility index (Phi) is 4.87. The molecule has 130 valence electrons. The standard InChI is InChI=1S/C21H18N2O3/c1-3-19(20(24)22-26)23-14(2)18-13-16(11-12-17(18)21(23)25)10-9-15-7-5-4-6-8-15/h4-8,11-13,19,26H,2-3H2,1H3,(H,22,24)/t19-/m0/s1. The number of carbonyl (C=O) groups is 2. The molecule has 2 N–H and O–H groups in total. The monoisotopic (exact) mass is 346 g/mol. The third kappa shape index (κ3) is 3.10. The van der Waals surface area contributed by atoms with Gasteiger partial charge in [0.05, 0.1) is 0 Å². The van der Waals surface area contributed by atoms with Crippen molar-refractivity contribution in [2.75, 3.05) is 0 Å². The highest BCUT2D eigenvalue weighted by Crippen LogP contribution is 2.34. The average molecular weight is 346 g/mol. The van der Waals surface area contributed by atoms with Crippen molar-refractivity contribution in [2.24, 2.45) is 0 Å². The third-order valence-electron chi connectivity index (χ3n) is 4.31. The molecule has 0 aliphatic carbocycles. The summed E-state index contributed by atoms with van der Waals surface area (Å²) < 4.78 is 0. The Labute approximate surface area is 151 Å². The molecule has 0 saturated carbocycles. The summed E-state index contributed by atoms with van der Waals surface area (Å²) in [4.78, 5) is 25.9. The number of amides is 2. The second-order valence-corrected chi connectivity index (χ2v) is 5.90. The second-order valence-electron chi connectivity index (χ2n) is 5.90. The van der Waals surface area contributed by atoms with Gasteiger partial charge >= 0.3 is 0 Å². The summed E-state index contributed by atoms with van der Waals surface area (Å²) in [6, 6.07) is 14.1. The van der Waals surface area contributed by atoms with Gasteiger partial charge in [-0.05, 0) is 36.8 Å². The van der Waals surface area contributed by atoms with Crippen LogP contribution in [0.3, 0.4) is 0 Å². The minimum absolute atomic E-state index is 0.303. The molecule has 0 radical (unpaired) electrons. The molecular weight excluding hydrogens is 328 g/mol. The first-order chi connectivity index (χ1) is 12.6. The van der Waals surface area contributed by atoms with Crippen LogP contribution in [-0.4, -0.2) is 28.0 Å². The normalized spacial score (nSPS) is 13.7. The van der Waals surface area contributed by atoms with E-state index in [0.29, 0.717) is 23.2 Å². The summed E-state index contributed by atoms with van der Waals surface area (Å²) in [7, 11) is 0. The van der Waals surface area contributed by atoms with E-state index in [9.17, 15) is 9.59 Å². The van der Waals surface area contributed by atoms with Crippen LogP contribution in [0.15, 0.2) is 55.1 Å². The van der Waals surface area contributed by atoms with Gasteiger partial charge in [0.15, 0.2) is 0 Å². The van der Waals surface area contributed by atoms with Crippen molar-refractivity contribution in [1.29, 1.82) is 0 Å². The van der Waals surface area contributed by atoms with Gasteiger partial charge in [-0.3, -0.25) is 19.7 Å². The molecule has 0 saturated heterocycles. The lowest BCUT2D eigenvalue weighted by atomic mass is 10.0. The van der Waals surface area contributed by atoms with Gasteiger partial charge in [0.25, 0.3) is 11.8 Å². The van der Waals surface area contributed by atoms with Gasteiger partial charge in [0.2, 0.25) is 0 Å². The summed E-state index contributed by atoms with van der Waals surface area (Å²) in [5.74, 6) is 5.21. The molecule has 1 atom stereocenters. The Morgan fingerprint density at radius 2 is 1.85 bits per heavy atom. The Morgan fingerprint density at radius 3 is 2.50 bits per heavy atom. The first kappa shape index (κ1) is 17.5. The van der Waals surface area contributed by atoms with Crippen LogP contribution < -0.4 is 5.48 Å². The summed E-state index contributed by atoms with van der Waals surface area (Å²) in [6.45, 7) is 5.73. The predicted octanol–water partition coefficient (Wildman–Crippen LogP) is 2.80. The zero-order chi connectivity index (χ0) is 18.7. The molecule has 2 amide bonds. The van der Waals surface area contributed by atoms with Gasteiger partial charge in [-0.2, -0.15) is 0 Å². The van der Waals surface area contributed by atoms with Crippen molar-refractivity contribution >= 4 is 17.5 Å². The SMILES string of the molecule is C=C1c2cc(C#Cc3ccccc3)ccc2C(=O)N1[C@@H](CC)C(=O)NO. The first-order valence-electron chi connectivity index (χ1n) is 8.24. The largest absolute Gasteiger partial charge is 0.296 e. The number of carbonyl (C=O) groups excluding carboxylic acids is 2. The summed E-state index contributed by atoms with van der Waals surface area (Å²) in [6.07, 6.45) is 0.353. The van der Waals surface area contributed by atoms with Gasteiger partial charge in [-0.1, -0.05) is 43.5 Å². The molecule has 0 unspecified atom stereocenters. The third-order valence-corrected chi connectivity index (χ3v) is 4.31. The molecule has 0 spiro atoms. The molecule has 0 fully saturated rings. The predicted molar refractivity (Wildman–Crippen MR) is 98.1 cm³/mol. The lowest BCUT2D eigenvalue weighted by molar-refractivity contribution is -0.133. The number of hydroxylamine groups is 1. The molecule has 26 heavy (non-hydrogen) atoms. The number of hydrogen-bond donors (Lipinski definition) is 2. The average Bonchev–Trinajstić information content (AvgIpc) is 2.92. The zero-order valence-electron chi connectivity index (χ0n) is 14.3. The van der Waals surface area contributed by atoms with Crippen molar-refractivity contribution in [2.45, 2.75) is 19.4 Å². The van der Waals surface area contributed by atoms with Gasteiger partial charge < -0.3 is 0 Å². The molecule has 1 aliphatic rings. The molecule has 0 aromatic heterocycles. The van der Waals surface area contributed by atoms with E-state index in [0.717, 1.165) is 11.1 Å². The van der Waals surface area contributed by atoms with E-state index in [1.807, 2.05) is 30.3 Å². The van der Waals surface area contributed by atoms with Crippen LogP contribution in [0.2, 0.25) is 0 Å². The van der Waals surface area contributed by atoms with Crippen molar-refractivity contribution in [3.63, 3.8) is 0 Å². The minimum atomic E-state index is -0.814. The van der Waals surface area contributed by atoms with E-state index in [2.05, 4.69) is 18.4 Å². The van der Waals surface area contributed by atoms with Gasteiger partial charge in [-0.15, -0.1) is 0 Å². The van der Waals surface area contributed by atoms with Gasteiger partial charge in [0.1, 0.15) is 6.04 Å². The molecule has 1 aliphatic heterocycles. The fourth-order valence-electron chi connectivity index (χ4n) is 2.98. The molecule has 1 heterocycles. The van der Waals surface area contributed by atoms with Crippen molar-refractivity contribution in [1.82, 2.24) is 10.4 Å².